The highest BCUT2D eigenvalue weighted by molar-refractivity contribution is 7.31. The van der Waals surface area contributed by atoms with Crippen molar-refractivity contribution in [3.05, 3.63) is 71.8 Å². The zero-order valence-corrected chi connectivity index (χ0v) is 18.6. The minimum Gasteiger partial charge on any atom is -0.477 e. The lowest BCUT2D eigenvalue weighted by Gasteiger charge is -2.21. The predicted octanol–water partition coefficient (Wildman–Crippen LogP) is 7.48. The standard InChI is InChI=1S/C24H24O2P2/c1-15-13-17-9-5-7-11-19(17)21(23(15)25-27-3)22-20-12-8-6-10-18(20)14-16(2)24(22)26-28-4/h5-14,27-28H,1-4H3. The van der Waals surface area contributed by atoms with Crippen LogP contribution in [-0.2, 0) is 0 Å². The highest BCUT2D eigenvalue weighted by atomic mass is 31.1. The molecule has 0 fully saturated rings. The SMILES string of the molecule is CPOc1c(C)cc2ccccc2c1-c1c(OPC)c(C)cc2ccccc12. The van der Waals surface area contributed by atoms with Gasteiger partial charge in [-0.25, -0.2) is 0 Å². The topological polar surface area (TPSA) is 18.5 Å². The monoisotopic (exact) mass is 406 g/mol. The molecule has 4 aromatic rings. The number of benzene rings is 4. The van der Waals surface area contributed by atoms with Gasteiger partial charge in [0.25, 0.3) is 0 Å². The van der Waals surface area contributed by atoms with Crippen LogP contribution in [0.4, 0.5) is 0 Å². The van der Waals surface area contributed by atoms with Gasteiger partial charge in [-0.05, 0) is 72.0 Å². The summed E-state index contributed by atoms with van der Waals surface area (Å²) < 4.78 is 12.5. The molecule has 2 nitrogen and oxygen atoms in total. The van der Waals surface area contributed by atoms with E-state index in [1.807, 2.05) is 0 Å². The maximum atomic E-state index is 6.23. The van der Waals surface area contributed by atoms with Gasteiger partial charge in [-0.15, -0.1) is 0 Å². The van der Waals surface area contributed by atoms with Crippen LogP contribution >= 0.6 is 17.6 Å². The molecule has 142 valence electrons. The van der Waals surface area contributed by atoms with Gasteiger partial charge in [0, 0.05) is 11.1 Å². The summed E-state index contributed by atoms with van der Waals surface area (Å²) in [5, 5.41) is 4.83. The van der Waals surface area contributed by atoms with Crippen LogP contribution in [0, 0.1) is 13.8 Å². The molecule has 0 saturated carbocycles. The third kappa shape index (κ3) is 3.26. The van der Waals surface area contributed by atoms with Crippen molar-refractivity contribution in [2.45, 2.75) is 13.8 Å². The van der Waals surface area contributed by atoms with Gasteiger partial charge in [0.05, 0.1) is 17.6 Å². The van der Waals surface area contributed by atoms with Gasteiger partial charge in [-0.3, -0.25) is 0 Å². The molecule has 28 heavy (non-hydrogen) atoms. The zero-order chi connectivity index (χ0) is 19.7. The number of rotatable bonds is 5. The van der Waals surface area contributed by atoms with Gasteiger partial charge >= 0.3 is 0 Å². The first kappa shape index (κ1) is 19.2. The Morgan fingerprint density at radius 1 is 0.607 bits per heavy atom. The molecule has 0 aliphatic rings. The Labute approximate surface area is 170 Å². The molecule has 0 bridgehead atoms. The van der Waals surface area contributed by atoms with Crippen molar-refractivity contribution >= 4 is 39.2 Å². The summed E-state index contributed by atoms with van der Waals surface area (Å²) >= 11 is 0. The Kier molecular flexibility index (Phi) is 5.54. The smallest absolute Gasteiger partial charge is 0.134 e. The molecule has 0 N–H and O–H groups in total. The molecule has 0 aromatic heterocycles. The molecule has 0 radical (unpaired) electrons. The molecular weight excluding hydrogens is 382 g/mol. The fraction of sp³-hybridized carbons (Fsp3) is 0.167. The van der Waals surface area contributed by atoms with E-state index in [0.29, 0.717) is 17.6 Å². The normalized spacial score (nSPS) is 12.0. The minimum atomic E-state index is 0.377. The van der Waals surface area contributed by atoms with E-state index in [0.717, 1.165) is 33.8 Å². The van der Waals surface area contributed by atoms with E-state index in [9.17, 15) is 0 Å². The molecule has 2 atom stereocenters. The first-order valence-corrected chi connectivity index (χ1v) is 12.2. The number of aryl methyl sites for hydroxylation is 2. The summed E-state index contributed by atoms with van der Waals surface area (Å²) in [6.07, 6.45) is 0. The summed E-state index contributed by atoms with van der Waals surface area (Å²) in [5.74, 6) is 1.92. The molecule has 2 unspecified atom stereocenters. The van der Waals surface area contributed by atoms with Gasteiger partial charge in [0.2, 0.25) is 0 Å². The van der Waals surface area contributed by atoms with E-state index in [2.05, 4.69) is 87.8 Å². The molecule has 0 saturated heterocycles. The van der Waals surface area contributed by atoms with E-state index >= 15 is 0 Å². The molecule has 0 amide bonds. The summed E-state index contributed by atoms with van der Waals surface area (Å²) in [6.45, 7) is 8.40. The van der Waals surface area contributed by atoms with Gasteiger partial charge in [0.15, 0.2) is 0 Å². The maximum absolute atomic E-state index is 6.23. The van der Waals surface area contributed by atoms with Crippen molar-refractivity contribution in [3.63, 3.8) is 0 Å². The van der Waals surface area contributed by atoms with E-state index in [4.69, 9.17) is 9.05 Å². The summed E-state index contributed by atoms with van der Waals surface area (Å²) in [5.41, 5.74) is 4.58. The highest BCUT2D eigenvalue weighted by Gasteiger charge is 2.22. The van der Waals surface area contributed by atoms with Crippen LogP contribution in [0.3, 0.4) is 0 Å². The van der Waals surface area contributed by atoms with Crippen LogP contribution in [0.25, 0.3) is 32.7 Å². The van der Waals surface area contributed by atoms with Crippen LogP contribution in [-0.4, -0.2) is 13.3 Å². The number of fused-ring (bicyclic) bond motifs is 2. The van der Waals surface area contributed by atoms with Crippen LogP contribution in [0.1, 0.15) is 11.1 Å². The average molecular weight is 406 g/mol. The van der Waals surface area contributed by atoms with Crippen molar-refractivity contribution in [2.75, 3.05) is 13.3 Å². The Balaban J connectivity index is 2.23. The largest absolute Gasteiger partial charge is 0.477 e. The van der Waals surface area contributed by atoms with E-state index < -0.39 is 0 Å². The summed E-state index contributed by atoms with van der Waals surface area (Å²) in [4.78, 5) is 0. The van der Waals surface area contributed by atoms with Crippen molar-refractivity contribution in [1.29, 1.82) is 0 Å². The summed E-state index contributed by atoms with van der Waals surface area (Å²) in [6, 6.07) is 21.5. The summed E-state index contributed by atoms with van der Waals surface area (Å²) in [7, 11) is 0.754. The quantitative estimate of drug-likeness (QED) is 0.320. The average Bonchev–Trinajstić information content (AvgIpc) is 2.70. The number of hydrogen-bond acceptors (Lipinski definition) is 2. The first-order chi connectivity index (χ1) is 13.7. The minimum absolute atomic E-state index is 0.377. The lowest BCUT2D eigenvalue weighted by Crippen LogP contribution is -1.96. The molecule has 4 heteroatoms. The van der Waals surface area contributed by atoms with Crippen LogP contribution in [0.15, 0.2) is 60.7 Å². The fourth-order valence-electron chi connectivity index (χ4n) is 3.90. The predicted molar refractivity (Wildman–Crippen MR) is 126 cm³/mol. The Bertz CT molecular complexity index is 1080. The third-order valence-corrected chi connectivity index (χ3v) is 5.85. The van der Waals surface area contributed by atoms with Gasteiger partial charge in [0.1, 0.15) is 11.5 Å². The molecule has 0 spiro atoms. The second-order valence-corrected chi connectivity index (χ2v) is 8.07. The second-order valence-electron chi connectivity index (χ2n) is 6.85. The van der Waals surface area contributed by atoms with Gasteiger partial charge < -0.3 is 9.05 Å². The van der Waals surface area contributed by atoms with Crippen LogP contribution < -0.4 is 9.05 Å². The third-order valence-electron chi connectivity index (χ3n) is 5.03. The molecule has 0 aliphatic carbocycles. The van der Waals surface area contributed by atoms with E-state index in [-0.39, 0.29) is 0 Å². The van der Waals surface area contributed by atoms with E-state index in [1.165, 1.54) is 21.5 Å². The van der Waals surface area contributed by atoms with Gasteiger partial charge in [-0.1, -0.05) is 48.5 Å². The number of hydrogen-bond donors (Lipinski definition) is 0. The van der Waals surface area contributed by atoms with Crippen LogP contribution in [0.2, 0.25) is 0 Å². The zero-order valence-electron chi connectivity index (χ0n) is 16.6. The highest BCUT2D eigenvalue weighted by Crippen LogP contribution is 2.49. The van der Waals surface area contributed by atoms with Crippen molar-refractivity contribution in [1.82, 2.24) is 0 Å². The van der Waals surface area contributed by atoms with Crippen LogP contribution in [0.5, 0.6) is 11.5 Å². The molecule has 4 aromatic carbocycles. The van der Waals surface area contributed by atoms with Crippen molar-refractivity contribution in [3.8, 4) is 22.6 Å². The van der Waals surface area contributed by atoms with Crippen molar-refractivity contribution < 1.29 is 9.05 Å². The molecule has 0 heterocycles. The lowest BCUT2D eigenvalue weighted by atomic mass is 9.89. The maximum Gasteiger partial charge on any atom is 0.134 e. The fourth-order valence-corrected chi connectivity index (χ4v) is 4.84. The second kappa shape index (κ2) is 8.08. The Hall–Kier alpha value is -2.14. The Morgan fingerprint density at radius 3 is 1.39 bits per heavy atom. The molecule has 0 aliphatic heterocycles. The Morgan fingerprint density at radius 2 is 1.00 bits per heavy atom. The lowest BCUT2D eigenvalue weighted by molar-refractivity contribution is 0.623. The first-order valence-electron chi connectivity index (χ1n) is 9.38. The molecule has 4 rings (SSSR count). The van der Waals surface area contributed by atoms with Crippen molar-refractivity contribution in [2.24, 2.45) is 0 Å². The van der Waals surface area contributed by atoms with Gasteiger partial charge in [-0.2, -0.15) is 0 Å². The molecular formula is C24H24O2P2. The van der Waals surface area contributed by atoms with E-state index in [1.54, 1.807) is 0 Å².